The number of carbonyl (C=O) groups excluding carboxylic acids is 3. The highest BCUT2D eigenvalue weighted by Gasteiger charge is 2.11. The summed E-state index contributed by atoms with van der Waals surface area (Å²) in [5.74, 6) is -1.72. The number of benzene rings is 2. The molecule has 0 heterocycles. The Balaban J connectivity index is 1.81. The minimum atomic E-state index is -0.904. The minimum Gasteiger partial charge on any atom is -0.482 e. The van der Waals surface area contributed by atoms with Crippen molar-refractivity contribution in [2.45, 2.75) is 13.3 Å². The molecule has 0 saturated heterocycles. The van der Waals surface area contributed by atoms with Crippen molar-refractivity contribution in [1.29, 1.82) is 0 Å². The molecule has 170 valence electrons. The zero-order chi connectivity index (χ0) is 23.3. The summed E-state index contributed by atoms with van der Waals surface area (Å²) in [6, 6.07) is 12.3. The van der Waals surface area contributed by atoms with Crippen molar-refractivity contribution in [3.8, 4) is 5.75 Å². The first-order valence-electron chi connectivity index (χ1n) is 9.84. The summed E-state index contributed by atoms with van der Waals surface area (Å²) >= 11 is 6.19. The van der Waals surface area contributed by atoms with E-state index in [0.717, 1.165) is 6.42 Å². The molecule has 0 aliphatic rings. The van der Waals surface area contributed by atoms with E-state index in [1.165, 1.54) is 18.9 Å². The molecular weight excluding hydrogens is 436 g/mol. The van der Waals surface area contributed by atoms with E-state index in [1.54, 1.807) is 18.2 Å². The molecule has 3 N–H and O–H groups in total. The van der Waals surface area contributed by atoms with Gasteiger partial charge in [-0.15, -0.1) is 0 Å². The van der Waals surface area contributed by atoms with E-state index in [0.29, 0.717) is 23.6 Å². The van der Waals surface area contributed by atoms with E-state index >= 15 is 0 Å². The third kappa shape index (κ3) is 8.37. The second-order valence-corrected chi connectivity index (χ2v) is 6.93. The lowest BCUT2D eigenvalue weighted by molar-refractivity contribution is -0.139. The lowest BCUT2D eigenvalue weighted by Crippen LogP contribution is -2.39. The Kier molecular flexibility index (Phi) is 10.2. The predicted octanol–water partition coefficient (Wildman–Crippen LogP) is 2.13. The number of hydrogen-bond acceptors (Lipinski definition) is 6. The van der Waals surface area contributed by atoms with Crippen LogP contribution in [0.15, 0.2) is 47.6 Å². The predicted molar refractivity (Wildman–Crippen MR) is 122 cm³/mol. The van der Waals surface area contributed by atoms with Gasteiger partial charge in [-0.1, -0.05) is 30.7 Å². The smallest absolute Gasteiger partial charge is 0.329 e. The molecule has 0 aliphatic carbocycles. The summed E-state index contributed by atoms with van der Waals surface area (Å²) in [4.78, 5) is 35.2. The molecule has 9 nitrogen and oxygen atoms in total. The van der Waals surface area contributed by atoms with Gasteiger partial charge < -0.3 is 20.1 Å². The van der Waals surface area contributed by atoms with E-state index in [9.17, 15) is 14.4 Å². The van der Waals surface area contributed by atoms with Crippen molar-refractivity contribution in [1.82, 2.24) is 10.7 Å². The number of methoxy groups -OCH3 is 1. The standard InChI is InChI=1S/C22H25ClN4O5/c1-3-15-4-7-17(8-5-15)26-20(28)14-32-19-9-6-16(12-18(19)23)13-25-27-22(30)21(29)24-10-11-31-2/h4-9,12-13H,3,10-11,14H2,1-2H3,(H,24,29)(H,26,28)(H,27,30)/b25-13-. The van der Waals surface area contributed by atoms with Crippen molar-refractivity contribution in [2.75, 3.05) is 32.2 Å². The Morgan fingerprint density at radius 3 is 2.50 bits per heavy atom. The van der Waals surface area contributed by atoms with Crippen LogP contribution in [0.2, 0.25) is 5.02 Å². The summed E-state index contributed by atoms with van der Waals surface area (Å²) in [7, 11) is 1.49. The number of nitrogens with zero attached hydrogens (tertiary/aromatic N) is 1. The molecule has 0 unspecified atom stereocenters. The maximum Gasteiger partial charge on any atom is 0.329 e. The van der Waals surface area contributed by atoms with Crippen molar-refractivity contribution < 1.29 is 23.9 Å². The summed E-state index contributed by atoms with van der Waals surface area (Å²) < 4.78 is 10.2. The van der Waals surface area contributed by atoms with Crippen molar-refractivity contribution in [2.24, 2.45) is 5.10 Å². The lowest BCUT2D eigenvalue weighted by Gasteiger charge is -2.09. The maximum atomic E-state index is 12.1. The van der Waals surface area contributed by atoms with Gasteiger partial charge in [-0.2, -0.15) is 5.10 Å². The minimum absolute atomic E-state index is 0.211. The van der Waals surface area contributed by atoms with Crippen LogP contribution in [0, 0.1) is 0 Å². The Bertz CT molecular complexity index is 963. The fraction of sp³-hybridized carbons (Fsp3) is 0.273. The molecule has 0 bridgehead atoms. The molecule has 0 radical (unpaired) electrons. The number of ether oxygens (including phenoxy) is 2. The van der Waals surface area contributed by atoms with Crippen LogP contribution < -0.4 is 20.8 Å². The van der Waals surface area contributed by atoms with E-state index in [2.05, 4.69) is 28.1 Å². The van der Waals surface area contributed by atoms with Crippen molar-refractivity contribution in [3.05, 3.63) is 58.6 Å². The van der Waals surface area contributed by atoms with E-state index in [1.807, 2.05) is 24.3 Å². The molecule has 2 aromatic carbocycles. The Morgan fingerprint density at radius 1 is 1.09 bits per heavy atom. The van der Waals surface area contributed by atoms with Gasteiger partial charge in [0.2, 0.25) is 0 Å². The number of anilines is 1. The highest BCUT2D eigenvalue weighted by molar-refractivity contribution is 6.35. The summed E-state index contributed by atoms with van der Waals surface area (Å²) in [5.41, 5.74) is 4.53. The molecule has 0 aliphatic heterocycles. The number of hydrazone groups is 1. The van der Waals surface area contributed by atoms with E-state index < -0.39 is 11.8 Å². The largest absolute Gasteiger partial charge is 0.482 e. The second-order valence-electron chi connectivity index (χ2n) is 6.53. The third-order valence-electron chi connectivity index (χ3n) is 4.14. The number of carbonyl (C=O) groups is 3. The second kappa shape index (κ2) is 13.1. The normalized spacial score (nSPS) is 10.6. The van der Waals surface area contributed by atoms with Crippen LogP contribution in [0.4, 0.5) is 5.69 Å². The fourth-order valence-corrected chi connectivity index (χ4v) is 2.69. The fourth-order valence-electron chi connectivity index (χ4n) is 2.44. The SMILES string of the molecule is CCc1ccc(NC(=O)COc2ccc(/C=N\NC(=O)C(=O)NCCOC)cc2Cl)cc1. The number of aryl methyl sites for hydroxylation is 1. The van der Waals surface area contributed by atoms with Gasteiger partial charge in [0.25, 0.3) is 5.91 Å². The molecule has 0 atom stereocenters. The number of nitrogens with one attached hydrogen (secondary N) is 3. The van der Waals surface area contributed by atoms with E-state index in [4.69, 9.17) is 21.1 Å². The molecule has 0 aromatic heterocycles. The summed E-state index contributed by atoms with van der Waals surface area (Å²) in [6.07, 6.45) is 2.25. The van der Waals surface area contributed by atoms with Gasteiger partial charge in [0, 0.05) is 19.3 Å². The highest BCUT2D eigenvalue weighted by Crippen LogP contribution is 2.25. The summed E-state index contributed by atoms with van der Waals surface area (Å²) in [6.45, 7) is 2.36. The first kappa shape index (κ1) is 24.8. The van der Waals surface area contributed by atoms with E-state index in [-0.39, 0.29) is 24.1 Å². The summed E-state index contributed by atoms with van der Waals surface area (Å²) in [5, 5.41) is 9.10. The van der Waals surface area contributed by atoms with Gasteiger partial charge in [-0.25, -0.2) is 5.43 Å². The first-order chi connectivity index (χ1) is 15.4. The average Bonchev–Trinajstić information content (AvgIpc) is 2.79. The van der Waals surface area contributed by atoms with Gasteiger partial charge in [0.1, 0.15) is 5.75 Å². The highest BCUT2D eigenvalue weighted by atomic mass is 35.5. The average molecular weight is 461 g/mol. The van der Waals surface area contributed by atoms with Gasteiger partial charge in [0.15, 0.2) is 6.61 Å². The molecule has 3 amide bonds. The maximum absolute atomic E-state index is 12.1. The lowest BCUT2D eigenvalue weighted by atomic mass is 10.1. The van der Waals surface area contributed by atoms with Gasteiger partial charge in [0.05, 0.1) is 17.8 Å². The molecule has 2 aromatic rings. The number of hydrogen-bond donors (Lipinski definition) is 3. The zero-order valence-corrected chi connectivity index (χ0v) is 18.6. The van der Waals surface area contributed by atoms with Crippen LogP contribution in [-0.4, -0.2) is 50.8 Å². The molecule has 0 spiro atoms. The topological polar surface area (TPSA) is 118 Å². The molecule has 0 fully saturated rings. The third-order valence-corrected chi connectivity index (χ3v) is 4.43. The van der Waals surface area contributed by atoms with Crippen LogP contribution in [0.25, 0.3) is 0 Å². The Labute approximate surface area is 191 Å². The molecule has 10 heteroatoms. The van der Waals surface area contributed by atoms with Gasteiger partial charge in [-0.05, 0) is 47.9 Å². The van der Waals surface area contributed by atoms with Crippen LogP contribution >= 0.6 is 11.6 Å². The van der Waals surface area contributed by atoms with Crippen molar-refractivity contribution in [3.63, 3.8) is 0 Å². The first-order valence-corrected chi connectivity index (χ1v) is 10.2. The molecular formula is C22H25ClN4O5. The number of rotatable bonds is 10. The van der Waals surface area contributed by atoms with Crippen LogP contribution in [0.3, 0.4) is 0 Å². The monoisotopic (exact) mass is 460 g/mol. The van der Waals surface area contributed by atoms with Crippen molar-refractivity contribution >= 4 is 41.2 Å². The zero-order valence-electron chi connectivity index (χ0n) is 17.8. The van der Waals surface area contributed by atoms with Crippen LogP contribution in [0.5, 0.6) is 5.75 Å². The Morgan fingerprint density at radius 2 is 1.84 bits per heavy atom. The molecule has 2 rings (SSSR count). The number of amides is 3. The van der Waals surface area contributed by atoms with Gasteiger partial charge >= 0.3 is 11.8 Å². The van der Waals surface area contributed by atoms with Crippen LogP contribution in [-0.2, 0) is 25.5 Å². The van der Waals surface area contributed by atoms with Crippen LogP contribution in [0.1, 0.15) is 18.1 Å². The number of halogens is 1. The Hall–Kier alpha value is -3.43. The quantitative estimate of drug-likeness (QED) is 0.217. The van der Waals surface area contributed by atoms with Gasteiger partial charge in [-0.3, -0.25) is 14.4 Å². The molecule has 0 saturated carbocycles. The molecule has 32 heavy (non-hydrogen) atoms.